The van der Waals surface area contributed by atoms with Crippen molar-refractivity contribution >= 4 is 18.3 Å². The van der Waals surface area contributed by atoms with Gasteiger partial charge >= 0.3 is 6.09 Å². The summed E-state index contributed by atoms with van der Waals surface area (Å²) in [5.74, 6) is -0.353. The molecule has 0 unspecified atom stereocenters. The maximum atomic E-state index is 11.3. The highest BCUT2D eigenvalue weighted by atomic mass is 16.6. The Morgan fingerprint density at radius 3 is 2.62 bits per heavy atom. The molecule has 1 aliphatic rings. The summed E-state index contributed by atoms with van der Waals surface area (Å²) in [5, 5.41) is 0. The Bertz CT molecular complexity index is 265. The topological polar surface area (TPSA) is 59.0 Å². The van der Waals surface area contributed by atoms with Gasteiger partial charge in [0.2, 0.25) is 0 Å². The Labute approximate surface area is 76.4 Å². The number of carbonyl (C=O) groups is 2. The summed E-state index contributed by atoms with van der Waals surface area (Å²) in [6.07, 6.45) is 0.523. The number of carbonyl (C=O) groups excluding carboxylic acids is 2. The van der Waals surface area contributed by atoms with Crippen LogP contribution in [-0.4, -0.2) is 35.4 Å². The first kappa shape index (κ1) is 9.70. The van der Waals surface area contributed by atoms with E-state index in [1.165, 1.54) is 6.34 Å². The van der Waals surface area contributed by atoms with E-state index in [0.717, 1.165) is 4.90 Å². The standard InChI is InChI=1S/C8H12N2O3/c1-8(2,3)13-7(12)10-5-9-4-6(10)11/h5H,4H2,1-3H3. The number of imide groups is 1. The molecule has 0 fully saturated rings. The highest BCUT2D eigenvalue weighted by Crippen LogP contribution is 2.10. The zero-order valence-electron chi connectivity index (χ0n) is 7.90. The fraction of sp³-hybridized carbons (Fsp3) is 0.625. The molecule has 0 aromatic carbocycles. The Kier molecular flexibility index (Phi) is 2.36. The Balaban J connectivity index is 2.58. The van der Waals surface area contributed by atoms with E-state index >= 15 is 0 Å². The van der Waals surface area contributed by atoms with Crippen LogP contribution in [0, 0.1) is 0 Å². The number of nitrogens with zero attached hydrogens (tertiary/aromatic N) is 2. The van der Waals surface area contributed by atoms with Crippen molar-refractivity contribution < 1.29 is 14.3 Å². The van der Waals surface area contributed by atoms with Gasteiger partial charge in [-0.1, -0.05) is 0 Å². The van der Waals surface area contributed by atoms with Crippen LogP contribution in [0.15, 0.2) is 4.99 Å². The molecule has 1 rings (SSSR count). The van der Waals surface area contributed by atoms with Gasteiger partial charge in [0.25, 0.3) is 5.91 Å². The fourth-order valence-corrected chi connectivity index (χ4v) is 0.801. The van der Waals surface area contributed by atoms with E-state index in [1.54, 1.807) is 20.8 Å². The minimum absolute atomic E-state index is 0.0270. The van der Waals surface area contributed by atoms with Crippen molar-refractivity contribution in [3.8, 4) is 0 Å². The van der Waals surface area contributed by atoms with Crippen molar-refractivity contribution in [1.82, 2.24) is 4.90 Å². The minimum atomic E-state index is -0.668. The van der Waals surface area contributed by atoms with Gasteiger partial charge in [0.15, 0.2) is 0 Å². The zero-order chi connectivity index (χ0) is 10.1. The second kappa shape index (κ2) is 3.16. The number of hydrogen-bond acceptors (Lipinski definition) is 4. The van der Waals surface area contributed by atoms with Gasteiger partial charge in [-0.15, -0.1) is 0 Å². The summed E-state index contributed by atoms with van der Waals surface area (Å²) in [5.41, 5.74) is -0.589. The van der Waals surface area contributed by atoms with Crippen LogP contribution in [0.2, 0.25) is 0 Å². The molecule has 0 bridgehead atoms. The highest BCUT2D eigenvalue weighted by Gasteiger charge is 2.28. The predicted octanol–water partition coefficient (Wildman–Crippen LogP) is 0.792. The van der Waals surface area contributed by atoms with Crippen LogP contribution in [-0.2, 0) is 9.53 Å². The Morgan fingerprint density at radius 1 is 1.62 bits per heavy atom. The van der Waals surface area contributed by atoms with Gasteiger partial charge < -0.3 is 4.74 Å². The van der Waals surface area contributed by atoms with Crippen molar-refractivity contribution in [1.29, 1.82) is 0 Å². The molecule has 0 aromatic heterocycles. The maximum absolute atomic E-state index is 11.3. The molecule has 0 radical (unpaired) electrons. The second-order valence-corrected chi connectivity index (χ2v) is 3.70. The molecule has 0 saturated heterocycles. The van der Waals surface area contributed by atoms with Gasteiger partial charge in [-0.2, -0.15) is 0 Å². The molecule has 13 heavy (non-hydrogen) atoms. The van der Waals surface area contributed by atoms with E-state index in [2.05, 4.69) is 4.99 Å². The van der Waals surface area contributed by atoms with Crippen molar-refractivity contribution in [3.05, 3.63) is 0 Å². The second-order valence-electron chi connectivity index (χ2n) is 3.70. The highest BCUT2D eigenvalue weighted by molar-refractivity contribution is 6.07. The number of ether oxygens (including phenoxy) is 1. The van der Waals surface area contributed by atoms with E-state index in [-0.39, 0.29) is 12.5 Å². The van der Waals surface area contributed by atoms with Gasteiger partial charge in [0.05, 0.1) is 0 Å². The molecule has 0 N–H and O–H groups in total. The number of hydrogen-bond donors (Lipinski definition) is 0. The van der Waals surface area contributed by atoms with Crippen LogP contribution >= 0.6 is 0 Å². The largest absolute Gasteiger partial charge is 0.443 e. The molecule has 5 nitrogen and oxygen atoms in total. The fourth-order valence-electron chi connectivity index (χ4n) is 0.801. The van der Waals surface area contributed by atoms with Gasteiger partial charge in [0.1, 0.15) is 18.5 Å². The van der Waals surface area contributed by atoms with E-state index < -0.39 is 11.7 Å². The van der Waals surface area contributed by atoms with Crippen LogP contribution in [0.4, 0.5) is 4.79 Å². The molecule has 1 heterocycles. The number of rotatable bonds is 0. The number of amides is 2. The molecule has 1 aliphatic heterocycles. The third-order valence-electron chi connectivity index (χ3n) is 1.28. The third-order valence-corrected chi connectivity index (χ3v) is 1.28. The monoisotopic (exact) mass is 184 g/mol. The normalized spacial score (nSPS) is 16.5. The van der Waals surface area contributed by atoms with Crippen molar-refractivity contribution in [3.63, 3.8) is 0 Å². The van der Waals surface area contributed by atoms with Gasteiger partial charge in [0, 0.05) is 0 Å². The quantitative estimate of drug-likeness (QED) is 0.559. The van der Waals surface area contributed by atoms with E-state index in [4.69, 9.17) is 4.74 Å². The average Bonchev–Trinajstić information content (AvgIpc) is 2.30. The van der Waals surface area contributed by atoms with Crippen molar-refractivity contribution in [2.24, 2.45) is 4.99 Å². The van der Waals surface area contributed by atoms with Crippen LogP contribution < -0.4 is 0 Å². The van der Waals surface area contributed by atoms with E-state index in [9.17, 15) is 9.59 Å². The molecule has 5 heteroatoms. The summed E-state index contributed by atoms with van der Waals surface area (Å²) in [6.45, 7) is 5.24. The number of aliphatic imine (C=N–C) groups is 1. The summed E-state index contributed by atoms with van der Waals surface area (Å²) >= 11 is 0. The minimum Gasteiger partial charge on any atom is -0.443 e. The lowest BCUT2D eigenvalue weighted by molar-refractivity contribution is -0.124. The summed E-state index contributed by atoms with van der Waals surface area (Å²) in [7, 11) is 0. The van der Waals surface area contributed by atoms with E-state index in [1.807, 2.05) is 0 Å². The summed E-state index contributed by atoms with van der Waals surface area (Å²) < 4.78 is 4.97. The van der Waals surface area contributed by atoms with Crippen molar-refractivity contribution in [2.75, 3.05) is 6.54 Å². The molecule has 0 aromatic rings. The van der Waals surface area contributed by atoms with Gasteiger partial charge in [-0.25, -0.2) is 9.69 Å². The van der Waals surface area contributed by atoms with Crippen LogP contribution in [0.25, 0.3) is 0 Å². The molecule has 72 valence electrons. The lowest BCUT2D eigenvalue weighted by Crippen LogP contribution is -2.37. The summed E-state index contributed by atoms with van der Waals surface area (Å²) in [4.78, 5) is 26.8. The van der Waals surface area contributed by atoms with Gasteiger partial charge in [-0.3, -0.25) is 9.79 Å². The first-order valence-corrected chi connectivity index (χ1v) is 3.95. The first-order valence-electron chi connectivity index (χ1n) is 3.95. The smallest absolute Gasteiger partial charge is 0.422 e. The molecular formula is C8H12N2O3. The lowest BCUT2D eigenvalue weighted by Gasteiger charge is -2.21. The van der Waals surface area contributed by atoms with Gasteiger partial charge in [-0.05, 0) is 20.8 Å². The molecule has 0 aliphatic carbocycles. The predicted molar refractivity (Wildman–Crippen MR) is 46.4 cm³/mol. The Hall–Kier alpha value is -1.39. The van der Waals surface area contributed by atoms with Crippen LogP contribution in [0.1, 0.15) is 20.8 Å². The Morgan fingerprint density at radius 2 is 2.23 bits per heavy atom. The van der Waals surface area contributed by atoms with Crippen LogP contribution in [0.3, 0.4) is 0 Å². The van der Waals surface area contributed by atoms with Crippen molar-refractivity contribution in [2.45, 2.75) is 26.4 Å². The van der Waals surface area contributed by atoms with Crippen LogP contribution in [0.5, 0.6) is 0 Å². The molecule has 2 amide bonds. The van der Waals surface area contributed by atoms with E-state index in [0.29, 0.717) is 0 Å². The summed E-state index contributed by atoms with van der Waals surface area (Å²) in [6, 6.07) is 0. The molecular weight excluding hydrogens is 172 g/mol. The molecule has 0 spiro atoms. The third kappa shape index (κ3) is 2.54. The molecule has 0 saturated carbocycles. The molecule has 0 atom stereocenters. The lowest BCUT2D eigenvalue weighted by atomic mass is 10.2. The SMILES string of the molecule is CC(C)(C)OC(=O)N1C=NCC1=O. The zero-order valence-corrected chi connectivity index (χ0v) is 7.90. The average molecular weight is 184 g/mol. The first-order chi connectivity index (χ1) is 5.90. The maximum Gasteiger partial charge on any atom is 0.422 e.